The van der Waals surface area contributed by atoms with Crippen molar-refractivity contribution in [3.63, 3.8) is 0 Å². The molecule has 4 nitrogen and oxygen atoms in total. The summed E-state index contributed by atoms with van der Waals surface area (Å²) in [6, 6.07) is 8.62. The second-order valence-corrected chi connectivity index (χ2v) is 5.26. The Bertz CT molecular complexity index is 409. The normalized spacial score (nSPS) is 15.4. The van der Waals surface area contributed by atoms with Crippen LogP contribution in [0.1, 0.15) is 38.3 Å². The first-order valence-corrected chi connectivity index (χ1v) is 6.84. The van der Waals surface area contributed by atoms with E-state index in [4.69, 9.17) is 10.9 Å². The lowest BCUT2D eigenvalue weighted by Gasteiger charge is -2.22. The highest BCUT2D eigenvalue weighted by Crippen LogP contribution is 2.19. The van der Waals surface area contributed by atoms with Crippen LogP contribution >= 0.6 is 15.9 Å². The SMILES string of the molecule is CCC(CC(N)=NO)NC(C)c1cccc(Br)c1. The molecule has 4 N–H and O–H groups in total. The minimum Gasteiger partial charge on any atom is -0.409 e. The van der Waals surface area contributed by atoms with Gasteiger partial charge in [0, 0.05) is 23.0 Å². The molecule has 2 atom stereocenters. The van der Waals surface area contributed by atoms with E-state index in [1.807, 2.05) is 12.1 Å². The lowest BCUT2D eigenvalue weighted by molar-refractivity contribution is 0.315. The van der Waals surface area contributed by atoms with Gasteiger partial charge in [0.1, 0.15) is 5.84 Å². The van der Waals surface area contributed by atoms with E-state index in [9.17, 15) is 0 Å². The van der Waals surface area contributed by atoms with Crippen LogP contribution in [0, 0.1) is 0 Å². The van der Waals surface area contributed by atoms with Gasteiger partial charge in [-0.25, -0.2) is 0 Å². The lowest BCUT2D eigenvalue weighted by Crippen LogP contribution is -2.34. The first kappa shape index (κ1) is 15.0. The average molecular weight is 314 g/mol. The van der Waals surface area contributed by atoms with Gasteiger partial charge in [-0.3, -0.25) is 0 Å². The number of hydrogen-bond acceptors (Lipinski definition) is 3. The zero-order valence-electron chi connectivity index (χ0n) is 10.7. The van der Waals surface area contributed by atoms with Crippen molar-refractivity contribution >= 4 is 21.8 Å². The van der Waals surface area contributed by atoms with Gasteiger partial charge in [0.25, 0.3) is 0 Å². The zero-order chi connectivity index (χ0) is 13.5. The third-order valence-corrected chi connectivity index (χ3v) is 3.40. The largest absolute Gasteiger partial charge is 0.409 e. The maximum absolute atomic E-state index is 8.60. The molecule has 0 saturated heterocycles. The number of nitrogens with two attached hydrogens (primary N) is 1. The molecule has 18 heavy (non-hydrogen) atoms. The molecule has 1 aromatic carbocycles. The van der Waals surface area contributed by atoms with E-state index in [-0.39, 0.29) is 17.9 Å². The number of rotatable bonds is 6. The number of amidine groups is 1. The van der Waals surface area contributed by atoms with Crippen LogP contribution < -0.4 is 11.1 Å². The van der Waals surface area contributed by atoms with E-state index in [0.717, 1.165) is 10.9 Å². The van der Waals surface area contributed by atoms with Crippen molar-refractivity contribution in [2.75, 3.05) is 0 Å². The lowest BCUT2D eigenvalue weighted by atomic mass is 10.0. The number of hydrogen-bond donors (Lipinski definition) is 3. The van der Waals surface area contributed by atoms with Crippen LogP contribution in [0.15, 0.2) is 33.9 Å². The standard InChI is InChI=1S/C13H20BrN3O/c1-3-12(8-13(15)17-18)16-9(2)10-5-4-6-11(14)7-10/h4-7,9,12,16,18H,3,8H2,1-2H3,(H2,15,17). The van der Waals surface area contributed by atoms with Gasteiger partial charge < -0.3 is 16.3 Å². The molecule has 0 bridgehead atoms. The van der Waals surface area contributed by atoms with Gasteiger partial charge >= 0.3 is 0 Å². The summed E-state index contributed by atoms with van der Waals surface area (Å²) in [6.07, 6.45) is 1.47. The molecule has 0 radical (unpaired) electrons. The van der Waals surface area contributed by atoms with Gasteiger partial charge in [0.15, 0.2) is 0 Å². The second-order valence-electron chi connectivity index (χ2n) is 4.34. The predicted octanol–water partition coefficient (Wildman–Crippen LogP) is 3.01. The molecule has 0 aromatic heterocycles. The van der Waals surface area contributed by atoms with Crippen molar-refractivity contribution in [3.8, 4) is 0 Å². The summed E-state index contributed by atoms with van der Waals surface area (Å²) in [6.45, 7) is 4.19. The topological polar surface area (TPSA) is 70.6 Å². The molecule has 0 spiro atoms. The maximum Gasteiger partial charge on any atom is 0.140 e. The molecule has 0 fully saturated rings. The number of benzene rings is 1. The monoisotopic (exact) mass is 313 g/mol. The van der Waals surface area contributed by atoms with Crippen LogP contribution in [0.2, 0.25) is 0 Å². The maximum atomic E-state index is 8.60. The molecule has 0 saturated carbocycles. The van der Waals surface area contributed by atoms with E-state index in [2.05, 4.69) is 52.4 Å². The Kier molecular flexibility index (Phi) is 6.15. The molecule has 0 aliphatic carbocycles. The molecular formula is C13H20BrN3O. The van der Waals surface area contributed by atoms with Gasteiger partial charge in [0.2, 0.25) is 0 Å². The first-order valence-electron chi connectivity index (χ1n) is 6.04. The van der Waals surface area contributed by atoms with Crippen molar-refractivity contribution in [2.24, 2.45) is 10.9 Å². The van der Waals surface area contributed by atoms with Crippen LogP contribution in [0.3, 0.4) is 0 Å². The smallest absolute Gasteiger partial charge is 0.140 e. The van der Waals surface area contributed by atoms with Crippen LogP contribution in [-0.2, 0) is 0 Å². The predicted molar refractivity (Wildman–Crippen MR) is 77.8 cm³/mol. The molecule has 100 valence electrons. The molecule has 1 rings (SSSR count). The molecule has 0 heterocycles. The Morgan fingerprint density at radius 2 is 2.28 bits per heavy atom. The minimum absolute atomic E-state index is 0.204. The summed E-state index contributed by atoms with van der Waals surface area (Å²) in [7, 11) is 0. The van der Waals surface area contributed by atoms with Crippen LogP contribution in [0.25, 0.3) is 0 Å². The van der Waals surface area contributed by atoms with E-state index in [1.54, 1.807) is 0 Å². The molecule has 0 amide bonds. The highest BCUT2D eigenvalue weighted by molar-refractivity contribution is 9.10. The fraction of sp³-hybridized carbons (Fsp3) is 0.462. The minimum atomic E-state index is 0.204. The fourth-order valence-corrected chi connectivity index (χ4v) is 2.26. The number of nitrogens with zero attached hydrogens (tertiary/aromatic N) is 1. The Labute approximate surface area is 116 Å². The van der Waals surface area contributed by atoms with Crippen molar-refractivity contribution in [1.29, 1.82) is 0 Å². The number of halogens is 1. The van der Waals surface area contributed by atoms with Gasteiger partial charge in [-0.05, 0) is 31.0 Å². The summed E-state index contributed by atoms with van der Waals surface area (Å²) < 4.78 is 1.07. The van der Waals surface area contributed by atoms with E-state index < -0.39 is 0 Å². The van der Waals surface area contributed by atoms with Crippen LogP contribution in [0.4, 0.5) is 0 Å². The highest BCUT2D eigenvalue weighted by Gasteiger charge is 2.13. The first-order chi connectivity index (χ1) is 8.56. The third-order valence-electron chi connectivity index (χ3n) is 2.91. The Balaban J connectivity index is 2.64. The van der Waals surface area contributed by atoms with Crippen molar-refractivity contribution in [3.05, 3.63) is 34.3 Å². The second kappa shape index (κ2) is 7.38. The van der Waals surface area contributed by atoms with E-state index >= 15 is 0 Å². The van der Waals surface area contributed by atoms with Gasteiger partial charge in [-0.15, -0.1) is 0 Å². The number of oxime groups is 1. The van der Waals surface area contributed by atoms with Crippen molar-refractivity contribution in [1.82, 2.24) is 5.32 Å². The van der Waals surface area contributed by atoms with E-state index in [1.165, 1.54) is 5.56 Å². The molecule has 1 aromatic rings. The van der Waals surface area contributed by atoms with Gasteiger partial charge in [0.05, 0.1) is 0 Å². The number of nitrogens with one attached hydrogen (secondary N) is 1. The summed E-state index contributed by atoms with van der Waals surface area (Å²) in [5.74, 6) is 0.260. The molecule has 2 unspecified atom stereocenters. The Morgan fingerprint density at radius 1 is 1.56 bits per heavy atom. The van der Waals surface area contributed by atoms with Crippen LogP contribution in [-0.4, -0.2) is 17.1 Å². The molecular weight excluding hydrogens is 294 g/mol. The van der Waals surface area contributed by atoms with Gasteiger partial charge in [-0.1, -0.05) is 40.1 Å². The van der Waals surface area contributed by atoms with E-state index in [0.29, 0.717) is 6.42 Å². The third kappa shape index (κ3) is 4.66. The molecule has 5 heteroatoms. The summed E-state index contributed by atoms with van der Waals surface area (Å²) in [5.41, 5.74) is 6.75. The van der Waals surface area contributed by atoms with Crippen LogP contribution in [0.5, 0.6) is 0 Å². The summed E-state index contributed by atoms with van der Waals surface area (Å²) in [5, 5.41) is 15.1. The van der Waals surface area contributed by atoms with Crippen molar-refractivity contribution < 1.29 is 5.21 Å². The average Bonchev–Trinajstić information content (AvgIpc) is 2.37. The fourth-order valence-electron chi connectivity index (χ4n) is 1.84. The summed E-state index contributed by atoms with van der Waals surface area (Å²) >= 11 is 3.47. The molecule has 0 aliphatic heterocycles. The zero-order valence-corrected chi connectivity index (χ0v) is 12.3. The summed E-state index contributed by atoms with van der Waals surface area (Å²) in [4.78, 5) is 0. The molecule has 0 aliphatic rings. The Hall–Kier alpha value is -1.07. The quantitative estimate of drug-likeness (QED) is 0.327. The highest BCUT2D eigenvalue weighted by atomic mass is 79.9. The Morgan fingerprint density at radius 3 is 2.83 bits per heavy atom. The van der Waals surface area contributed by atoms with Crippen molar-refractivity contribution in [2.45, 2.75) is 38.8 Å². The van der Waals surface area contributed by atoms with Gasteiger partial charge in [-0.2, -0.15) is 0 Å².